The molecule has 1 atom stereocenters. The van der Waals surface area contributed by atoms with Crippen LogP contribution < -0.4 is 4.90 Å². The molecule has 0 unspecified atom stereocenters. The van der Waals surface area contributed by atoms with Gasteiger partial charge in [0, 0.05) is 55.7 Å². The second-order valence-corrected chi connectivity index (χ2v) is 9.38. The number of rotatable bonds is 6. The summed E-state index contributed by atoms with van der Waals surface area (Å²) in [6.07, 6.45) is 5.22. The topological polar surface area (TPSA) is 49.3 Å². The van der Waals surface area contributed by atoms with E-state index in [0.717, 1.165) is 69.2 Å². The van der Waals surface area contributed by atoms with E-state index in [4.69, 9.17) is 9.97 Å². The zero-order valence-corrected chi connectivity index (χ0v) is 19.5. The minimum absolute atomic E-state index is 0.280. The zero-order chi connectivity index (χ0) is 22.0. The summed E-state index contributed by atoms with van der Waals surface area (Å²) in [5.74, 6) is 2.99. The molecule has 0 spiro atoms. The third kappa shape index (κ3) is 4.76. The Balaban J connectivity index is 1.58. The lowest BCUT2D eigenvalue weighted by molar-refractivity contribution is -0.138. The van der Waals surface area contributed by atoms with Crippen molar-refractivity contribution in [3.05, 3.63) is 52.5 Å². The van der Waals surface area contributed by atoms with Crippen molar-refractivity contribution < 1.29 is 4.79 Å². The van der Waals surface area contributed by atoms with E-state index >= 15 is 0 Å². The van der Waals surface area contributed by atoms with Gasteiger partial charge in [-0.3, -0.25) is 4.79 Å². The van der Waals surface area contributed by atoms with Crippen LogP contribution in [0.5, 0.6) is 0 Å². The molecule has 1 aromatic heterocycles. The first-order valence-corrected chi connectivity index (χ1v) is 11.9. The number of hydrogen-bond acceptors (Lipinski definition) is 4. The number of benzene rings is 1. The second-order valence-electron chi connectivity index (χ2n) is 9.38. The average Bonchev–Trinajstić information content (AvgIpc) is 2.74. The minimum atomic E-state index is 0.280. The van der Waals surface area contributed by atoms with Gasteiger partial charge in [-0.1, -0.05) is 50.1 Å². The number of hydrogen-bond donors (Lipinski definition) is 0. The standard InChI is InChI=1S/C26H36N4O/c1-5-19(3)24-27-20(4)23(17-21-11-9-18(2)10-12-21)25(28-24)29-13-15-30(16-14-29)26(31)22-7-6-8-22/h9-12,19,22H,5-8,13-17H2,1-4H3/t19-/m0/s1. The highest BCUT2D eigenvalue weighted by molar-refractivity contribution is 5.80. The van der Waals surface area contributed by atoms with Crippen LogP contribution >= 0.6 is 0 Å². The van der Waals surface area contributed by atoms with Crippen LogP contribution in [0.4, 0.5) is 5.82 Å². The molecular weight excluding hydrogens is 384 g/mol. The third-order valence-electron chi connectivity index (χ3n) is 7.11. The summed E-state index contributed by atoms with van der Waals surface area (Å²) in [5, 5.41) is 0. The van der Waals surface area contributed by atoms with Crippen molar-refractivity contribution in [3.63, 3.8) is 0 Å². The van der Waals surface area contributed by atoms with Gasteiger partial charge >= 0.3 is 0 Å². The Bertz CT molecular complexity index is 912. The molecule has 5 nitrogen and oxygen atoms in total. The largest absolute Gasteiger partial charge is 0.353 e. The molecule has 1 amide bonds. The molecule has 1 aliphatic carbocycles. The predicted octanol–water partition coefficient (Wildman–Crippen LogP) is 4.65. The molecule has 0 radical (unpaired) electrons. The summed E-state index contributed by atoms with van der Waals surface area (Å²) < 4.78 is 0. The highest BCUT2D eigenvalue weighted by Crippen LogP contribution is 2.30. The van der Waals surface area contributed by atoms with Crippen molar-refractivity contribution in [2.75, 3.05) is 31.1 Å². The van der Waals surface area contributed by atoms with Crippen molar-refractivity contribution in [2.24, 2.45) is 5.92 Å². The lowest BCUT2D eigenvalue weighted by Gasteiger charge is -2.39. The van der Waals surface area contributed by atoms with Crippen molar-refractivity contribution in [1.29, 1.82) is 0 Å². The molecule has 0 N–H and O–H groups in total. The van der Waals surface area contributed by atoms with Crippen molar-refractivity contribution in [2.45, 2.75) is 65.7 Å². The Morgan fingerprint density at radius 2 is 1.74 bits per heavy atom. The Kier molecular flexibility index (Phi) is 6.59. The van der Waals surface area contributed by atoms with Crippen LogP contribution in [0.15, 0.2) is 24.3 Å². The van der Waals surface area contributed by atoms with Gasteiger partial charge in [0.05, 0.1) is 0 Å². The molecule has 1 saturated heterocycles. The fourth-order valence-electron chi connectivity index (χ4n) is 4.44. The molecule has 1 saturated carbocycles. The Morgan fingerprint density at radius 1 is 1.06 bits per heavy atom. The molecule has 31 heavy (non-hydrogen) atoms. The number of nitrogens with zero attached hydrogens (tertiary/aromatic N) is 4. The Morgan fingerprint density at radius 3 is 2.32 bits per heavy atom. The van der Waals surface area contributed by atoms with Gasteiger partial charge in [-0.25, -0.2) is 9.97 Å². The molecular formula is C26H36N4O. The normalized spacial score (nSPS) is 18.1. The SMILES string of the molecule is CC[C@H](C)c1nc(C)c(Cc2ccc(C)cc2)c(N2CCN(C(=O)C3CCC3)CC2)n1. The van der Waals surface area contributed by atoms with Crippen LogP contribution in [0.3, 0.4) is 0 Å². The molecule has 5 heteroatoms. The average molecular weight is 421 g/mol. The van der Waals surface area contributed by atoms with E-state index in [-0.39, 0.29) is 5.92 Å². The van der Waals surface area contributed by atoms with E-state index in [2.05, 4.69) is 61.8 Å². The van der Waals surface area contributed by atoms with Gasteiger partial charge < -0.3 is 9.80 Å². The zero-order valence-electron chi connectivity index (χ0n) is 19.5. The molecule has 1 aromatic carbocycles. The number of amides is 1. The monoisotopic (exact) mass is 420 g/mol. The minimum Gasteiger partial charge on any atom is -0.353 e. The summed E-state index contributed by atoms with van der Waals surface area (Å²) >= 11 is 0. The molecule has 2 aliphatic rings. The van der Waals surface area contributed by atoms with Gasteiger partial charge in [0.2, 0.25) is 5.91 Å². The fraction of sp³-hybridized carbons (Fsp3) is 0.577. The summed E-state index contributed by atoms with van der Waals surface area (Å²) in [4.78, 5) is 27.1. The first-order valence-electron chi connectivity index (χ1n) is 11.9. The third-order valence-corrected chi connectivity index (χ3v) is 7.11. The van der Waals surface area contributed by atoms with E-state index in [1.54, 1.807) is 0 Å². The van der Waals surface area contributed by atoms with Crippen LogP contribution in [0, 0.1) is 19.8 Å². The first-order chi connectivity index (χ1) is 15.0. The quantitative estimate of drug-likeness (QED) is 0.683. The van der Waals surface area contributed by atoms with E-state index in [9.17, 15) is 4.79 Å². The summed E-state index contributed by atoms with van der Waals surface area (Å²) in [5.41, 5.74) is 4.86. The smallest absolute Gasteiger partial charge is 0.225 e. The maximum atomic E-state index is 12.7. The van der Waals surface area contributed by atoms with Gasteiger partial charge in [-0.05, 0) is 38.7 Å². The number of aromatic nitrogens is 2. The summed E-state index contributed by atoms with van der Waals surface area (Å²) in [6.45, 7) is 11.9. The molecule has 0 bridgehead atoms. The van der Waals surface area contributed by atoms with Crippen molar-refractivity contribution in [1.82, 2.24) is 14.9 Å². The highest BCUT2D eigenvalue weighted by Gasteiger charge is 2.32. The van der Waals surface area contributed by atoms with Crippen LogP contribution in [0.25, 0.3) is 0 Å². The maximum Gasteiger partial charge on any atom is 0.225 e. The van der Waals surface area contributed by atoms with Gasteiger partial charge in [0.15, 0.2) is 0 Å². The molecule has 2 fully saturated rings. The Labute approximate surface area is 186 Å². The van der Waals surface area contributed by atoms with E-state index in [1.807, 2.05) is 0 Å². The highest BCUT2D eigenvalue weighted by atomic mass is 16.2. The second kappa shape index (κ2) is 9.37. The molecule has 2 aromatic rings. The number of carbonyl (C=O) groups excluding carboxylic acids is 1. The van der Waals surface area contributed by atoms with Gasteiger partial charge in [-0.2, -0.15) is 0 Å². The van der Waals surface area contributed by atoms with Crippen LogP contribution in [-0.4, -0.2) is 47.0 Å². The van der Waals surface area contributed by atoms with Crippen LogP contribution in [0.1, 0.15) is 73.7 Å². The molecule has 1 aliphatic heterocycles. The molecule has 166 valence electrons. The van der Waals surface area contributed by atoms with Gasteiger partial charge in [0.1, 0.15) is 11.6 Å². The lowest BCUT2D eigenvalue weighted by atomic mass is 9.84. The number of piperazine rings is 1. The number of anilines is 1. The van der Waals surface area contributed by atoms with Crippen LogP contribution in [-0.2, 0) is 11.2 Å². The fourth-order valence-corrected chi connectivity index (χ4v) is 4.44. The van der Waals surface area contributed by atoms with Crippen LogP contribution in [0.2, 0.25) is 0 Å². The maximum absolute atomic E-state index is 12.7. The first kappa shape index (κ1) is 21.8. The van der Waals surface area contributed by atoms with E-state index < -0.39 is 0 Å². The number of carbonyl (C=O) groups is 1. The summed E-state index contributed by atoms with van der Waals surface area (Å²) in [7, 11) is 0. The predicted molar refractivity (Wildman–Crippen MR) is 126 cm³/mol. The Hall–Kier alpha value is -2.43. The molecule has 2 heterocycles. The lowest BCUT2D eigenvalue weighted by Crippen LogP contribution is -2.51. The van der Waals surface area contributed by atoms with E-state index in [1.165, 1.54) is 23.1 Å². The summed E-state index contributed by atoms with van der Waals surface area (Å²) in [6, 6.07) is 8.75. The van der Waals surface area contributed by atoms with E-state index in [0.29, 0.717) is 11.8 Å². The molecule has 4 rings (SSSR count). The van der Waals surface area contributed by atoms with Crippen molar-refractivity contribution >= 4 is 11.7 Å². The van der Waals surface area contributed by atoms with Crippen molar-refractivity contribution in [3.8, 4) is 0 Å². The van der Waals surface area contributed by atoms with Gasteiger partial charge in [0.25, 0.3) is 0 Å². The number of aryl methyl sites for hydroxylation is 2. The van der Waals surface area contributed by atoms with Gasteiger partial charge in [-0.15, -0.1) is 0 Å².